The fraction of sp³-hybridized carbons (Fsp3) is 0.625. The van der Waals surface area contributed by atoms with Crippen LogP contribution in [0.5, 0.6) is 0 Å². The first-order chi connectivity index (χ1) is 30.0. The van der Waals surface area contributed by atoms with Gasteiger partial charge in [-0.1, -0.05) is 48.5 Å². The van der Waals surface area contributed by atoms with Gasteiger partial charge in [-0.25, -0.2) is 19.2 Å². The summed E-state index contributed by atoms with van der Waals surface area (Å²) in [4.78, 5) is 90.1. The Morgan fingerprint density at radius 2 is 0.677 bits per heavy atom. The van der Waals surface area contributed by atoms with E-state index >= 15 is 9.59 Å². The third kappa shape index (κ3) is 3.13. The van der Waals surface area contributed by atoms with Crippen LogP contribution in [-0.2, 0) is 66.7 Å². The standard InChI is InChI=1S/C48H44O14/c1-55-41(51)45-27-19-13-20(28(27)46(61-45,42(52)56-2)32-31(45)37-15-9-5-6-10-16(15)38(32)59-37)24-23(19)35(49)25-21-14-22(26(25)36(24)50)30-29(21)47(43(53)57-3)33-34(48(30,62-47)44(54)58-4)40-18-12-8-7-11-17(18)39(33)60-40/h5-12,19-34,37-40H,13-14H2,1-4H3/t19-,20+,21+,22-,23-,24+,25+,26-,27-,28+,29+,30-,31-,32+,33+,34-,37+,38-,39-,40+,45-,46+,47+,48-. The fourth-order valence-corrected chi connectivity index (χ4v) is 19.5. The van der Waals surface area contributed by atoms with E-state index in [1.54, 1.807) is 0 Å². The fourth-order valence-electron chi connectivity index (χ4n) is 19.5. The van der Waals surface area contributed by atoms with Crippen molar-refractivity contribution in [2.45, 2.75) is 59.7 Å². The minimum Gasteiger partial charge on any atom is -0.467 e. The van der Waals surface area contributed by atoms with Crippen molar-refractivity contribution in [1.82, 2.24) is 0 Å². The summed E-state index contributed by atoms with van der Waals surface area (Å²) in [5.74, 6) is -12.0. The highest BCUT2D eigenvalue weighted by molar-refractivity contribution is 6.03. The van der Waals surface area contributed by atoms with Gasteiger partial charge in [-0.3, -0.25) is 9.59 Å². The average Bonchev–Trinajstić information content (AvgIpc) is 4.15. The molecule has 14 nitrogen and oxygen atoms in total. The lowest BCUT2D eigenvalue weighted by Crippen LogP contribution is -2.67. The number of hydrogen-bond acceptors (Lipinski definition) is 14. The Hall–Kier alpha value is -4.50. The van der Waals surface area contributed by atoms with Crippen molar-refractivity contribution in [3.63, 3.8) is 0 Å². The zero-order valence-electron chi connectivity index (χ0n) is 34.3. The van der Waals surface area contributed by atoms with Gasteiger partial charge < -0.3 is 37.9 Å². The summed E-state index contributed by atoms with van der Waals surface area (Å²) in [5.41, 5.74) is -2.70. The predicted octanol–water partition coefficient (Wildman–Crippen LogP) is 3.22. The maximum Gasteiger partial charge on any atom is 0.338 e. The molecule has 13 aliphatic rings. The molecule has 320 valence electrons. The maximum absolute atomic E-state index is 15.8. The molecule has 14 heteroatoms. The van der Waals surface area contributed by atoms with Crippen LogP contribution in [-0.4, -0.2) is 86.3 Å². The molecule has 2 aromatic carbocycles. The molecule has 6 saturated heterocycles. The van der Waals surface area contributed by atoms with E-state index < -0.39 is 165 Å². The molecule has 8 heterocycles. The van der Waals surface area contributed by atoms with Gasteiger partial charge in [-0.05, 0) is 58.8 Å². The van der Waals surface area contributed by atoms with Crippen molar-refractivity contribution in [1.29, 1.82) is 0 Å². The molecule has 0 amide bonds. The summed E-state index contributed by atoms with van der Waals surface area (Å²) in [5, 5.41) is 0. The van der Waals surface area contributed by atoms with Crippen molar-refractivity contribution >= 4 is 35.4 Å². The lowest BCUT2D eigenvalue weighted by Gasteiger charge is -2.55. The molecule has 0 N–H and O–H groups in total. The van der Waals surface area contributed by atoms with Gasteiger partial charge in [-0.15, -0.1) is 0 Å². The number of hydrogen-bond donors (Lipinski definition) is 0. The van der Waals surface area contributed by atoms with Crippen LogP contribution >= 0.6 is 0 Å². The maximum atomic E-state index is 15.8. The molecule has 2 aromatic rings. The first-order valence-electron chi connectivity index (χ1n) is 22.3. The van der Waals surface area contributed by atoms with Crippen LogP contribution in [0.2, 0.25) is 0 Å². The minimum absolute atomic E-state index is 0.0431. The van der Waals surface area contributed by atoms with E-state index in [1.165, 1.54) is 28.4 Å². The summed E-state index contributed by atoms with van der Waals surface area (Å²) in [6.45, 7) is 0. The van der Waals surface area contributed by atoms with E-state index in [2.05, 4.69) is 0 Å². The minimum atomic E-state index is -1.62. The Labute approximate surface area is 354 Å². The monoisotopic (exact) mass is 844 g/mol. The quantitative estimate of drug-likeness (QED) is 0.324. The lowest BCUT2D eigenvalue weighted by molar-refractivity contribution is -0.193. The van der Waals surface area contributed by atoms with Gasteiger partial charge >= 0.3 is 23.9 Å². The zero-order chi connectivity index (χ0) is 42.0. The largest absolute Gasteiger partial charge is 0.467 e. The number of benzene rings is 2. The molecule has 62 heavy (non-hydrogen) atoms. The van der Waals surface area contributed by atoms with Crippen molar-refractivity contribution in [2.24, 2.45) is 94.7 Å². The van der Waals surface area contributed by atoms with Gasteiger partial charge in [0.25, 0.3) is 0 Å². The summed E-state index contributed by atoms with van der Waals surface area (Å²) in [7, 11) is 5.30. The molecule has 8 aliphatic heterocycles. The van der Waals surface area contributed by atoms with Crippen LogP contribution in [0.1, 0.15) is 59.5 Å². The second kappa shape index (κ2) is 10.7. The van der Waals surface area contributed by atoms with Crippen LogP contribution in [0.4, 0.5) is 0 Å². The number of Topliss-reactive ketones (excluding diaryl/α,β-unsaturated/α-hetero) is 2. The molecule has 5 aliphatic carbocycles. The van der Waals surface area contributed by atoms with Gasteiger partial charge in [0.15, 0.2) is 22.4 Å². The van der Waals surface area contributed by atoms with Gasteiger partial charge in [0.2, 0.25) is 0 Å². The number of ether oxygens (including phenoxy) is 8. The summed E-state index contributed by atoms with van der Waals surface area (Å²) >= 11 is 0. The van der Waals surface area contributed by atoms with Crippen LogP contribution in [0.25, 0.3) is 0 Å². The number of carbonyl (C=O) groups is 6. The Kier molecular flexibility index (Phi) is 6.20. The van der Waals surface area contributed by atoms with Gasteiger partial charge in [0.1, 0.15) is 11.6 Å². The van der Waals surface area contributed by atoms with Crippen molar-refractivity contribution in [2.75, 3.05) is 28.4 Å². The number of ketones is 2. The van der Waals surface area contributed by atoms with E-state index in [1.807, 2.05) is 48.5 Å². The van der Waals surface area contributed by atoms with Crippen LogP contribution in [0.3, 0.4) is 0 Å². The third-order valence-corrected chi connectivity index (χ3v) is 20.2. The molecule has 5 saturated carbocycles. The highest BCUT2D eigenvalue weighted by Gasteiger charge is 2.95. The van der Waals surface area contributed by atoms with E-state index in [-0.39, 0.29) is 11.6 Å². The van der Waals surface area contributed by atoms with Crippen LogP contribution < -0.4 is 0 Å². The number of carbonyl (C=O) groups excluding carboxylic acids is 6. The number of rotatable bonds is 4. The molecular formula is C48H44O14. The lowest BCUT2D eigenvalue weighted by atomic mass is 9.43. The Morgan fingerprint density at radius 1 is 0.435 bits per heavy atom. The van der Waals surface area contributed by atoms with E-state index in [0.717, 1.165) is 22.3 Å². The molecular weight excluding hydrogens is 801 g/mol. The first-order valence-corrected chi connectivity index (χ1v) is 22.3. The highest BCUT2D eigenvalue weighted by Crippen LogP contribution is 2.86. The van der Waals surface area contributed by atoms with Gasteiger partial charge in [-0.2, -0.15) is 0 Å². The third-order valence-electron chi connectivity index (χ3n) is 20.2. The Balaban J connectivity index is 0.877. The molecule has 12 bridgehead atoms. The summed E-state index contributed by atoms with van der Waals surface area (Å²) < 4.78 is 50.2. The number of fused-ring (bicyclic) bond motifs is 44. The van der Waals surface area contributed by atoms with Gasteiger partial charge in [0.05, 0.1) is 52.9 Å². The molecule has 0 unspecified atom stereocenters. The first kappa shape index (κ1) is 35.9. The second-order valence-electron chi connectivity index (χ2n) is 20.8. The van der Waals surface area contributed by atoms with E-state index in [0.29, 0.717) is 12.8 Å². The topological polar surface area (TPSA) is 176 Å². The molecule has 15 rings (SSSR count). The molecule has 0 radical (unpaired) electrons. The molecule has 0 spiro atoms. The highest BCUT2D eigenvalue weighted by atomic mass is 16.6. The van der Waals surface area contributed by atoms with Crippen molar-refractivity contribution in [3.05, 3.63) is 70.8 Å². The SMILES string of the molecule is COC(=O)[C@@]12O[C@@](C(=O)OC)([C@H]3[C@H]4C[C@H]([C@H]5C(=O)[C@H]6[C@@H]7C[C@H]([C@H]6C(=O)[C@@H]45)[C@@H]4[C@H]7[C@]5(C(=O)OC)O[C@@]4(C(=O)OC)[C@@H]4[C@H]5[C@@H]5O[C@H]4c4ccccc45)[C@H]31)[C@H]1[C@@H]2[C@H]2O[C@@H]1c1ccccc12. The summed E-state index contributed by atoms with van der Waals surface area (Å²) in [6, 6.07) is 15.7. The zero-order valence-corrected chi connectivity index (χ0v) is 34.3. The molecule has 0 aromatic heterocycles. The molecule has 11 fully saturated rings. The average molecular weight is 845 g/mol. The van der Waals surface area contributed by atoms with Crippen LogP contribution in [0, 0.1) is 94.7 Å². The Morgan fingerprint density at radius 3 is 0.903 bits per heavy atom. The second-order valence-corrected chi connectivity index (χ2v) is 20.8. The number of methoxy groups -OCH3 is 4. The van der Waals surface area contributed by atoms with Crippen LogP contribution in [0.15, 0.2) is 48.5 Å². The van der Waals surface area contributed by atoms with Crippen molar-refractivity contribution in [3.8, 4) is 0 Å². The Bertz CT molecular complexity index is 2240. The van der Waals surface area contributed by atoms with Crippen molar-refractivity contribution < 1.29 is 66.7 Å². The predicted molar refractivity (Wildman–Crippen MR) is 202 cm³/mol. The van der Waals surface area contributed by atoms with Gasteiger partial charge in [0, 0.05) is 71.0 Å². The van der Waals surface area contributed by atoms with E-state index in [9.17, 15) is 19.2 Å². The number of esters is 4. The van der Waals surface area contributed by atoms with E-state index in [4.69, 9.17) is 37.9 Å². The summed E-state index contributed by atoms with van der Waals surface area (Å²) in [6.07, 6.45) is -1.23. The molecule has 24 atom stereocenters. The normalized spacial score (nSPS) is 55.0. The smallest absolute Gasteiger partial charge is 0.338 e.